The molecule has 1 aliphatic heterocycles. The average Bonchev–Trinajstić information content (AvgIpc) is 3.45. The standard InChI is InChI=1S/C21H27N5O/c1-21(10-11-21)15-23-19(27)16-5-7-17(8-6-16)24-20-22-12-9-18(25-20)26-13-3-2-4-14-26/h5-9,12H,2-4,10-11,13-15H2,1H3,(H,23,27)(H,22,24,25). The molecule has 1 saturated carbocycles. The van der Waals surface area contributed by atoms with Crippen molar-refractivity contribution in [1.82, 2.24) is 15.3 Å². The van der Waals surface area contributed by atoms with E-state index in [0.717, 1.165) is 31.1 Å². The normalized spacial score (nSPS) is 18.0. The number of hydrogen-bond donors (Lipinski definition) is 2. The molecule has 1 amide bonds. The number of nitrogens with one attached hydrogen (secondary N) is 2. The van der Waals surface area contributed by atoms with Gasteiger partial charge in [-0.25, -0.2) is 4.98 Å². The largest absolute Gasteiger partial charge is 0.356 e. The first-order valence-corrected chi connectivity index (χ1v) is 9.85. The van der Waals surface area contributed by atoms with Gasteiger partial charge in [0.1, 0.15) is 5.82 Å². The SMILES string of the molecule is CC1(CNC(=O)c2ccc(Nc3nccc(N4CCCCC4)n3)cc2)CC1. The van der Waals surface area contributed by atoms with Gasteiger partial charge in [-0.3, -0.25) is 4.79 Å². The summed E-state index contributed by atoms with van der Waals surface area (Å²) in [5.74, 6) is 1.53. The maximum atomic E-state index is 12.2. The van der Waals surface area contributed by atoms with E-state index in [1.165, 1.54) is 32.1 Å². The topological polar surface area (TPSA) is 70.2 Å². The van der Waals surface area contributed by atoms with Crippen molar-refractivity contribution in [3.63, 3.8) is 0 Å². The molecule has 2 aromatic rings. The summed E-state index contributed by atoms with van der Waals surface area (Å²) in [6.07, 6.45) is 7.93. The summed E-state index contributed by atoms with van der Waals surface area (Å²) in [5, 5.41) is 6.26. The van der Waals surface area contributed by atoms with E-state index in [-0.39, 0.29) is 5.91 Å². The van der Waals surface area contributed by atoms with Crippen LogP contribution in [0.1, 0.15) is 49.4 Å². The van der Waals surface area contributed by atoms with E-state index in [2.05, 4.69) is 32.4 Å². The van der Waals surface area contributed by atoms with Gasteiger partial charge >= 0.3 is 0 Å². The fraction of sp³-hybridized carbons (Fsp3) is 0.476. The van der Waals surface area contributed by atoms with Gasteiger partial charge in [0.2, 0.25) is 5.95 Å². The summed E-state index contributed by atoms with van der Waals surface area (Å²) in [4.78, 5) is 23.5. The van der Waals surface area contributed by atoms with Crippen molar-refractivity contribution in [1.29, 1.82) is 0 Å². The lowest BCUT2D eigenvalue weighted by molar-refractivity contribution is 0.0946. The molecule has 1 aliphatic carbocycles. The maximum Gasteiger partial charge on any atom is 0.251 e. The Kier molecular flexibility index (Phi) is 4.97. The van der Waals surface area contributed by atoms with E-state index in [1.54, 1.807) is 6.20 Å². The fourth-order valence-corrected chi connectivity index (χ4v) is 3.33. The molecule has 0 atom stereocenters. The lowest BCUT2D eigenvalue weighted by Crippen LogP contribution is -2.30. The summed E-state index contributed by atoms with van der Waals surface area (Å²) >= 11 is 0. The predicted molar refractivity (Wildman–Crippen MR) is 107 cm³/mol. The molecule has 0 unspecified atom stereocenters. The van der Waals surface area contributed by atoms with Crippen LogP contribution in [0.2, 0.25) is 0 Å². The minimum absolute atomic E-state index is 0.0157. The number of benzene rings is 1. The van der Waals surface area contributed by atoms with Crippen LogP contribution in [0.15, 0.2) is 36.5 Å². The number of hydrogen-bond acceptors (Lipinski definition) is 5. The molecule has 0 radical (unpaired) electrons. The van der Waals surface area contributed by atoms with Crippen molar-refractivity contribution >= 4 is 23.4 Å². The predicted octanol–water partition coefficient (Wildman–Crippen LogP) is 3.74. The number of anilines is 3. The summed E-state index contributed by atoms with van der Waals surface area (Å²) in [5.41, 5.74) is 1.86. The molecular formula is C21H27N5O. The number of amides is 1. The quantitative estimate of drug-likeness (QED) is 0.816. The van der Waals surface area contributed by atoms with E-state index in [9.17, 15) is 4.79 Å². The minimum atomic E-state index is -0.0157. The molecule has 142 valence electrons. The van der Waals surface area contributed by atoms with Gasteiger partial charge in [0.05, 0.1) is 0 Å². The third kappa shape index (κ3) is 4.56. The van der Waals surface area contributed by atoms with Crippen LogP contribution in [0.5, 0.6) is 0 Å². The minimum Gasteiger partial charge on any atom is -0.356 e. The van der Waals surface area contributed by atoms with Crippen LogP contribution in [-0.4, -0.2) is 35.5 Å². The van der Waals surface area contributed by atoms with Crippen molar-refractivity contribution in [2.45, 2.75) is 39.0 Å². The zero-order chi connectivity index (χ0) is 18.7. The second-order valence-corrected chi connectivity index (χ2v) is 7.98. The number of carbonyl (C=O) groups excluding carboxylic acids is 1. The lowest BCUT2D eigenvalue weighted by atomic mass is 10.1. The first-order valence-electron chi connectivity index (χ1n) is 9.85. The Morgan fingerprint density at radius 1 is 1.11 bits per heavy atom. The number of carbonyl (C=O) groups is 1. The number of rotatable bonds is 6. The molecule has 2 N–H and O–H groups in total. The van der Waals surface area contributed by atoms with Crippen LogP contribution in [0.4, 0.5) is 17.5 Å². The monoisotopic (exact) mass is 365 g/mol. The summed E-state index contributed by atoms with van der Waals surface area (Å²) < 4.78 is 0. The molecule has 6 nitrogen and oxygen atoms in total. The number of nitrogens with zero attached hydrogens (tertiary/aromatic N) is 3. The van der Waals surface area contributed by atoms with Crippen LogP contribution in [0.3, 0.4) is 0 Å². The van der Waals surface area contributed by atoms with E-state index < -0.39 is 0 Å². The zero-order valence-electron chi connectivity index (χ0n) is 15.9. The molecule has 2 heterocycles. The Morgan fingerprint density at radius 3 is 2.56 bits per heavy atom. The zero-order valence-corrected chi connectivity index (χ0v) is 15.9. The fourth-order valence-electron chi connectivity index (χ4n) is 3.33. The van der Waals surface area contributed by atoms with Crippen LogP contribution in [-0.2, 0) is 0 Å². The van der Waals surface area contributed by atoms with Gasteiger partial charge in [0.25, 0.3) is 5.91 Å². The van der Waals surface area contributed by atoms with E-state index in [0.29, 0.717) is 16.9 Å². The molecule has 4 rings (SSSR count). The van der Waals surface area contributed by atoms with Crippen LogP contribution in [0, 0.1) is 5.41 Å². The Labute approximate surface area is 160 Å². The molecule has 27 heavy (non-hydrogen) atoms. The summed E-state index contributed by atoms with van der Waals surface area (Å²) in [6, 6.07) is 9.42. The molecule has 1 aromatic heterocycles. The van der Waals surface area contributed by atoms with Crippen molar-refractivity contribution in [3.8, 4) is 0 Å². The molecular weight excluding hydrogens is 338 g/mol. The first-order chi connectivity index (χ1) is 13.1. The van der Waals surface area contributed by atoms with Crippen molar-refractivity contribution in [2.75, 3.05) is 29.9 Å². The van der Waals surface area contributed by atoms with Gasteiger partial charge in [-0.1, -0.05) is 6.92 Å². The number of piperidine rings is 1. The molecule has 0 spiro atoms. The molecule has 6 heteroatoms. The second kappa shape index (κ2) is 7.55. The van der Waals surface area contributed by atoms with Gasteiger partial charge in [0.15, 0.2) is 0 Å². The van der Waals surface area contributed by atoms with Crippen LogP contribution >= 0.6 is 0 Å². The molecule has 0 bridgehead atoms. The van der Waals surface area contributed by atoms with Crippen LogP contribution in [0.25, 0.3) is 0 Å². The van der Waals surface area contributed by atoms with E-state index in [1.807, 2.05) is 30.3 Å². The number of aromatic nitrogens is 2. The lowest BCUT2D eigenvalue weighted by Gasteiger charge is -2.27. The first kappa shape index (κ1) is 17.8. The van der Waals surface area contributed by atoms with Crippen LogP contribution < -0.4 is 15.5 Å². The van der Waals surface area contributed by atoms with Crippen molar-refractivity contribution in [2.24, 2.45) is 5.41 Å². The molecule has 2 aliphatic rings. The van der Waals surface area contributed by atoms with Gasteiger partial charge in [-0.2, -0.15) is 4.98 Å². The van der Waals surface area contributed by atoms with E-state index in [4.69, 9.17) is 0 Å². The Bertz CT molecular complexity index is 794. The Balaban J connectivity index is 1.37. The third-order valence-electron chi connectivity index (χ3n) is 5.50. The highest BCUT2D eigenvalue weighted by atomic mass is 16.1. The third-order valence-corrected chi connectivity index (χ3v) is 5.50. The van der Waals surface area contributed by atoms with Gasteiger partial charge < -0.3 is 15.5 Å². The smallest absolute Gasteiger partial charge is 0.251 e. The summed E-state index contributed by atoms with van der Waals surface area (Å²) in [7, 11) is 0. The van der Waals surface area contributed by atoms with Gasteiger partial charge in [0, 0.05) is 37.1 Å². The molecule has 1 aromatic carbocycles. The van der Waals surface area contributed by atoms with Gasteiger partial charge in [-0.15, -0.1) is 0 Å². The van der Waals surface area contributed by atoms with Crippen molar-refractivity contribution < 1.29 is 4.79 Å². The highest BCUT2D eigenvalue weighted by molar-refractivity contribution is 5.94. The molecule has 2 fully saturated rings. The summed E-state index contributed by atoms with van der Waals surface area (Å²) in [6.45, 7) is 5.07. The Morgan fingerprint density at radius 2 is 1.85 bits per heavy atom. The van der Waals surface area contributed by atoms with E-state index >= 15 is 0 Å². The maximum absolute atomic E-state index is 12.2. The highest BCUT2D eigenvalue weighted by Crippen LogP contribution is 2.44. The van der Waals surface area contributed by atoms with Crippen molar-refractivity contribution in [3.05, 3.63) is 42.1 Å². The Hall–Kier alpha value is -2.63. The van der Waals surface area contributed by atoms with Gasteiger partial charge in [-0.05, 0) is 67.9 Å². The molecule has 1 saturated heterocycles. The average molecular weight is 365 g/mol. The highest BCUT2D eigenvalue weighted by Gasteiger charge is 2.37. The second-order valence-electron chi connectivity index (χ2n) is 7.98.